The van der Waals surface area contributed by atoms with E-state index in [1.54, 1.807) is 0 Å². The number of nitrogens with zero attached hydrogens (tertiary/aromatic N) is 1. The minimum Gasteiger partial charge on any atom is -0.481 e. The first kappa shape index (κ1) is 16.0. The first-order chi connectivity index (χ1) is 11.0. The van der Waals surface area contributed by atoms with Crippen LogP contribution in [0.2, 0.25) is 0 Å². The Balaban J connectivity index is 1.82. The van der Waals surface area contributed by atoms with Gasteiger partial charge in [-0.05, 0) is 31.9 Å². The second-order valence-electron chi connectivity index (χ2n) is 6.09. The first-order valence-electron chi connectivity index (χ1n) is 7.77. The summed E-state index contributed by atoms with van der Waals surface area (Å²) < 4.78 is 0. The van der Waals surface area contributed by atoms with Crippen molar-refractivity contribution in [1.29, 1.82) is 0 Å². The monoisotopic (exact) mass is 332 g/mol. The Morgan fingerprint density at radius 1 is 1.39 bits per heavy atom. The molecule has 1 saturated heterocycles. The molecule has 0 saturated carbocycles. The number of aliphatic carboxylic acids is 1. The molecule has 6 heteroatoms. The molecule has 122 valence electrons. The molecule has 2 aromatic rings. The molecule has 1 aromatic heterocycles. The molecule has 0 aliphatic carbocycles. The fourth-order valence-electron chi connectivity index (χ4n) is 3.03. The van der Waals surface area contributed by atoms with Crippen molar-refractivity contribution < 1.29 is 9.90 Å². The summed E-state index contributed by atoms with van der Waals surface area (Å²) in [6.45, 7) is 4.08. The van der Waals surface area contributed by atoms with Gasteiger partial charge in [-0.1, -0.05) is 41.2 Å². The fraction of sp³-hybridized carbons (Fsp3) is 0.412. The highest BCUT2D eigenvalue weighted by molar-refractivity contribution is 7.09. The van der Waals surface area contributed by atoms with Crippen LogP contribution in [0.5, 0.6) is 0 Å². The van der Waals surface area contributed by atoms with Gasteiger partial charge in [-0.15, -0.1) is 0 Å². The molecule has 0 radical (unpaired) electrons. The third-order valence-corrected chi connectivity index (χ3v) is 5.15. The quantitative estimate of drug-likeness (QED) is 0.903. The molecule has 0 amide bonds. The number of aromatic amines is 1. The lowest BCUT2D eigenvalue weighted by Gasteiger charge is -2.30. The van der Waals surface area contributed by atoms with Crippen LogP contribution in [-0.2, 0) is 11.3 Å². The van der Waals surface area contributed by atoms with E-state index in [1.165, 1.54) is 16.9 Å². The maximum atomic E-state index is 11.8. The van der Waals surface area contributed by atoms with Crippen LogP contribution in [0.3, 0.4) is 0 Å². The van der Waals surface area contributed by atoms with Crippen LogP contribution in [-0.4, -0.2) is 34.0 Å². The van der Waals surface area contributed by atoms with Crippen molar-refractivity contribution in [3.63, 3.8) is 0 Å². The van der Waals surface area contributed by atoms with E-state index >= 15 is 0 Å². The Hall–Kier alpha value is -1.92. The molecule has 1 unspecified atom stereocenters. The molecule has 1 aliphatic rings. The van der Waals surface area contributed by atoms with E-state index in [4.69, 9.17) is 0 Å². The number of H-pyrrole nitrogens is 1. The summed E-state index contributed by atoms with van der Waals surface area (Å²) in [4.78, 5) is 29.0. The summed E-state index contributed by atoms with van der Waals surface area (Å²) in [5.41, 5.74) is 3.03. The Kier molecular flexibility index (Phi) is 4.63. The summed E-state index contributed by atoms with van der Waals surface area (Å²) in [7, 11) is 0. The van der Waals surface area contributed by atoms with Crippen LogP contribution < -0.4 is 4.87 Å². The van der Waals surface area contributed by atoms with Crippen molar-refractivity contribution in [2.75, 3.05) is 13.1 Å². The molecular weight excluding hydrogens is 312 g/mol. The number of carboxylic acid groups (broad SMARTS) is 1. The highest BCUT2D eigenvalue weighted by atomic mass is 32.1. The van der Waals surface area contributed by atoms with Gasteiger partial charge in [0.15, 0.2) is 0 Å². The maximum absolute atomic E-state index is 11.8. The van der Waals surface area contributed by atoms with Crippen molar-refractivity contribution in [2.24, 2.45) is 5.92 Å². The Morgan fingerprint density at radius 2 is 2.13 bits per heavy atom. The van der Waals surface area contributed by atoms with Gasteiger partial charge in [-0.3, -0.25) is 14.5 Å². The minimum absolute atomic E-state index is 0.0673. The first-order valence-corrected chi connectivity index (χ1v) is 8.59. The summed E-state index contributed by atoms with van der Waals surface area (Å²) >= 11 is 1.22. The number of hydrogen-bond acceptors (Lipinski definition) is 4. The lowest BCUT2D eigenvalue weighted by Crippen LogP contribution is -2.38. The second-order valence-corrected chi connectivity index (χ2v) is 7.16. The SMILES string of the molecule is Cc1ccc(-c2[nH]c(=O)sc2CN2CCCC(C(=O)O)C2)cc1. The van der Waals surface area contributed by atoms with E-state index in [2.05, 4.69) is 9.88 Å². The number of aryl methyl sites for hydroxylation is 1. The Labute approximate surface area is 138 Å². The van der Waals surface area contributed by atoms with Gasteiger partial charge >= 0.3 is 10.8 Å². The van der Waals surface area contributed by atoms with E-state index in [-0.39, 0.29) is 10.8 Å². The predicted octanol–water partition coefficient (Wildman–Crippen LogP) is 2.71. The number of nitrogens with one attached hydrogen (secondary N) is 1. The highest BCUT2D eigenvalue weighted by Gasteiger charge is 2.26. The van der Waals surface area contributed by atoms with Crippen LogP contribution in [0.4, 0.5) is 0 Å². The smallest absolute Gasteiger partial charge is 0.307 e. The standard InChI is InChI=1S/C17H20N2O3S/c1-11-4-6-12(7-5-11)15-14(23-17(22)18-15)10-19-8-2-3-13(9-19)16(20)21/h4-7,13H,2-3,8-10H2,1H3,(H,18,22)(H,20,21). The fourth-order valence-corrected chi connectivity index (χ4v) is 3.92. The van der Waals surface area contributed by atoms with Crippen molar-refractivity contribution >= 4 is 17.3 Å². The van der Waals surface area contributed by atoms with Crippen LogP contribution in [0, 0.1) is 12.8 Å². The predicted molar refractivity (Wildman–Crippen MR) is 90.7 cm³/mol. The van der Waals surface area contributed by atoms with E-state index in [0.29, 0.717) is 13.1 Å². The molecule has 1 aliphatic heterocycles. The van der Waals surface area contributed by atoms with Gasteiger partial charge in [0.05, 0.1) is 11.6 Å². The average molecular weight is 332 g/mol. The third kappa shape index (κ3) is 3.71. The summed E-state index contributed by atoms with van der Waals surface area (Å²) in [5, 5.41) is 9.20. The number of aromatic nitrogens is 1. The number of carboxylic acids is 1. The van der Waals surface area contributed by atoms with Gasteiger partial charge < -0.3 is 10.1 Å². The molecule has 5 nitrogen and oxygen atoms in total. The summed E-state index contributed by atoms with van der Waals surface area (Å²) in [5.74, 6) is -1.03. The molecule has 1 aromatic carbocycles. The second kappa shape index (κ2) is 6.68. The third-order valence-electron chi connectivity index (χ3n) is 4.28. The molecule has 23 heavy (non-hydrogen) atoms. The topological polar surface area (TPSA) is 73.4 Å². The van der Waals surface area contributed by atoms with Crippen molar-refractivity contribution in [1.82, 2.24) is 9.88 Å². The van der Waals surface area contributed by atoms with E-state index in [1.807, 2.05) is 31.2 Å². The van der Waals surface area contributed by atoms with Crippen LogP contribution in [0.1, 0.15) is 23.3 Å². The van der Waals surface area contributed by atoms with Gasteiger partial charge in [0, 0.05) is 18.0 Å². The zero-order chi connectivity index (χ0) is 16.4. The van der Waals surface area contributed by atoms with E-state index in [0.717, 1.165) is 35.5 Å². The average Bonchev–Trinajstić information content (AvgIpc) is 2.89. The zero-order valence-corrected chi connectivity index (χ0v) is 13.9. The number of rotatable bonds is 4. The van der Waals surface area contributed by atoms with Crippen LogP contribution >= 0.6 is 11.3 Å². The molecule has 0 bridgehead atoms. The summed E-state index contributed by atoms with van der Waals surface area (Å²) in [6.07, 6.45) is 1.62. The van der Waals surface area contributed by atoms with Gasteiger partial charge in [0.25, 0.3) is 0 Å². The van der Waals surface area contributed by atoms with Crippen LogP contribution in [0.25, 0.3) is 11.3 Å². The molecule has 1 atom stereocenters. The normalized spacial score (nSPS) is 18.9. The summed E-state index contributed by atoms with van der Waals surface area (Å²) in [6, 6.07) is 8.06. The number of benzene rings is 1. The van der Waals surface area contributed by atoms with Gasteiger partial charge in [0.2, 0.25) is 0 Å². The van der Waals surface area contributed by atoms with Crippen molar-refractivity contribution in [3.8, 4) is 11.3 Å². The van der Waals surface area contributed by atoms with E-state index < -0.39 is 5.97 Å². The number of piperidine rings is 1. The van der Waals surface area contributed by atoms with Crippen molar-refractivity contribution in [2.45, 2.75) is 26.3 Å². The van der Waals surface area contributed by atoms with Gasteiger partial charge in [0.1, 0.15) is 0 Å². The van der Waals surface area contributed by atoms with Crippen LogP contribution in [0.15, 0.2) is 29.1 Å². The highest BCUT2D eigenvalue weighted by Crippen LogP contribution is 2.27. The van der Waals surface area contributed by atoms with E-state index in [9.17, 15) is 14.7 Å². The molecule has 2 heterocycles. The zero-order valence-electron chi connectivity index (χ0n) is 13.0. The molecule has 1 fully saturated rings. The minimum atomic E-state index is -0.726. The van der Waals surface area contributed by atoms with Gasteiger partial charge in [-0.25, -0.2) is 0 Å². The lowest BCUT2D eigenvalue weighted by atomic mass is 9.98. The molecule has 2 N–H and O–H groups in total. The Bertz CT molecular complexity index is 748. The lowest BCUT2D eigenvalue weighted by molar-refractivity contribution is -0.143. The number of carbonyl (C=O) groups is 1. The van der Waals surface area contributed by atoms with Gasteiger partial charge in [-0.2, -0.15) is 0 Å². The number of likely N-dealkylation sites (tertiary alicyclic amines) is 1. The molecular formula is C17H20N2O3S. The van der Waals surface area contributed by atoms with Crippen molar-refractivity contribution in [3.05, 3.63) is 44.4 Å². The Morgan fingerprint density at radius 3 is 2.83 bits per heavy atom. The largest absolute Gasteiger partial charge is 0.481 e. The number of hydrogen-bond donors (Lipinski definition) is 2. The number of thiazole rings is 1. The molecule has 0 spiro atoms. The molecule has 3 rings (SSSR count). The maximum Gasteiger partial charge on any atom is 0.307 e.